The van der Waals surface area contributed by atoms with Crippen molar-refractivity contribution < 1.29 is 19.4 Å². The number of pyridine rings is 1. The number of aromatic nitrogens is 4. The molecule has 0 saturated carbocycles. The van der Waals surface area contributed by atoms with Gasteiger partial charge in [-0.05, 0) is 29.7 Å². The minimum Gasteiger partial charge on any atom is -0.495 e. The minimum absolute atomic E-state index is 0.208. The van der Waals surface area contributed by atoms with Gasteiger partial charge in [-0.3, -0.25) is 4.90 Å². The first-order valence-corrected chi connectivity index (χ1v) is 9.24. The molecule has 1 saturated heterocycles. The number of hydrogen-bond acceptors (Lipinski definition) is 7. The SMILES string of the molecule is COc1cc(-c2ccc(C#CCO)nc2)ccc1N1C[C@H](Cn2ccnn2)OC1=O. The van der Waals surface area contributed by atoms with E-state index in [0.717, 1.165) is 11.1 Å². The van der Waals surface area contributed by atoms with E-state index in [9.17, 15) is 4.79 Å². The highest BCUT2D eigenvalue weighted by atomic mass is 16.6. The Kier molecular flexibility index (Phi) is 5.59. The Morgan fingerprint density at radius 1 is 1.30 bits per heavy atom. The summed E-state index contributed by atoms with van der Waals surface area (Å²) >= 11 is 0. The van der Waals surface area contributed by atoms with Gasteiger partial charge in [0.1, 0.15) is 24.2 Å². The fourth-order valence-corrected chi connectivity index (χ4v) is 3.20. The van der Waals surface area contributed by atoms with Crippen LogP contribution in [0, 0.1) is 11.8 Å². The van der Waals surface area contributed by atoms with Crippen molar-refractivity contribution >= 4 is 11.8 Å². The molecule has 9 nitrogen and oxygen atoms in total. The quantitative estimate of drug-likeness (QED) is 0.645. The van der Waals surface area contributed by atoms with Crippen LogP contribution in [0.4, 0.5) is 10.5 Å². The molecule has 1 aliphatic heterocycles. The van der Waals surface area contributed by atoms with E-state index < -0.39 is 6.09 Å². The summed E-state index contributed by atoms with van der Waals surface area (Å²) in [6.07, 6.45) is 4.24. The summed E-state index contributed by atoms with van der Waals surface area (Å²) < 4.78 is 12.6. The molecule has 1 aromatic carbocycles. The third-order valence-corrected chi connectivity index (χ3v) is 4.60. The number of anilines is 1. The maximum absolute atomic E-state index is 12.4. The van der Waals surface area contributed by atoms with Gasteiger partial charge in [0, 0.05) is 18.0 Å². The van der Waals surface area contributed by atoms with Crippen molar-refractivity contribution in [3.63, 3.8) is 0 Å². The maximum Gasteiger partial charge on any atom is 0.414 e. The van der Waals surface area contributed by atoms with Crippen LogP contribution in [0.3, 0.4) is 0 Å². The van der Waals surface area contributed by atoms with Gasteiger partial charge < -0.3 is 14.6 Å². The molecule has 2 aromatic heterocycles. The van der Waals surface area contributed by atoms with Crippen LogP contribution in [-0.4, -0.2) is 57.5 Å². The molecule has 0 bridgehead atoms. The molecule has 3 heterocycles. The number of aliphatic hydroxyl groups is 1. The Morgan fingerprint density at radius 3 is 2.87 bits per heavy atom. The molecule has 0 radical (unpaired) electrons. The molecule has 30 heavy (non-hydrogen) atoms. The number of benzene rings is 1. The number of carbonyl (C=O) groups is 1. The van der Waals surface area contributed by atoms with E-state index in [1.54, 1.807) is 41.3 Å². The van der Waals surface area contributed by atoms with Crippen molar-refractivity contribution in [2.24, 2.45) is 0 Å². The number of nitrogens with zero attached hydrogens (tertiary/aromatic N) is 5. The average molecular weight is 405 g/mol. The second-order valence-corrected chi connectivity index (χ2v) is 6.52. The Bertz CT molecular complexity index is 1090. The van der Waals surface area contributed by atoms with Gasteiger partial charge in [0.05, 0.1) is 32.1 Å². The van der Waals surface area contributed by atoms with Gasteiger partial charge in [0.2, 0.25) is 0 Å². The summed E-state index contributed by atoms with van der Waals surface area (Å²) in [5, 5.41) is 16.4. The fraction of sp³-hybridized carbons (Fsp3) is 0.238. The van der Waals surface area contributed by atoms with Crippen molar-refractivity contribution in [2.45, 2.75) is 12.6 Å². The van der Waals surface area contributed by atoms with E-state index >= 15 is 0 Å². The van der Waals surface area contributed by atoms with E-state index in [4.69, 9.17) is 14.6 Å². The lowest BCUT2D eigenvalue weighted by atomic mass is 10.1. The largest absolute Gasteiger partial charge is 0.495 e. The predicted molar refractivity (Wildman–Crippen MR) is 108 cm³/mol. The highest BCUT2D eigenvalue weighted by Gasteiger charge is 2.34. The van der Waals surface area contributed by atoms with Crippen LogP contribution >= 0.6 is 0 Å². The summed E-state index contributed by atoms with van der Waals surface area (Å²) in [5.41, 5.74) is 2.97. The number of carbonyl (C=O) groups excluding carboxylic acids is 1. The van der Waals surface area contributed by atoms with Crippen LogP contribution in [0.25, 0.3) is 11.1 Å². The number of amides is 1. The van der Waals surface area contributed by atoms with E-state index in [0.29, 0.717) is 30.2 Å². The molecule has 1 N–H and O–H groups in total. The van der Waals surface area contributed by atoms with Crippen molar-refractivity contribution in [3.05, 3.63) is 54.6 Å². The summed E-state index contributed by atoms with van der Waals surface area (Å²) in [6.45, 7) is 0.606. The Labute approximate surface area is 172 Å². The molecular weight excluding hydrogens is 386 g/mol. The van der Waals surface area contributed by atoms with Gasteiger partial charge in [-0.25, -0.2) is 14.5 Å². The zero-order valence-corrected chi connectivity index (χ0v) is 16.2. The molecule has 0 spiro atoms. The molecule has 1 aliphatic rings. The highest BCUT2D eigenvalue weighted by molar-refractivity contribution is 5.92. The predicted octanol–water partition coefficient (Wildman–Crippen LogP) is 1.72. The summed E-state index contributed by atoms with van der Waals surface area (Å²) in [5.74, 6) is 5.88. The minimum atomic E-state index is -0.431. The van der Waals surface area contributed by atoms with Crippen molar-refractivity contribution in [1.29, 1.82) is 0 Å². The molecule has 4 rings (SSSR count). The fourth-order valence-electron chi connectivity index (χ4n) is 3.20. The Balaban J connectivity index is 1.54. The molecule has 9 heteroatoms. The van der Waals surface area contributed by atoms with Crippen molar-refractivity contribution in [3.8, 4) is 28.7 Å². The van der Waals surface area contributed by atoms with Crippen LogP contribution in [0.1, 0.15) is 5.69 Å². The van der Waals surface area contributed by atoms with Crippen LogP contribution in [0.2, 0.25) is 0 Å². The number of methoxy groups -OCH3 is 1. The highest BCUT2D eigenvalue weighted by Crippen LogP contribution is 2.35. The second kappa shape index (κ2) is 8.63. The van der Waals surface area contributed by atoms with Crippen LogP contribution in [0.15, 0.2) is 48.9 Å². The van der Waals surface area contributed by atoms with Crippen molar-refractivity contribution in [1.82, 2.24) is 20.0 Å². The lowest BCUT2D eigenvalue weighted by Gasteiger charge is -2.17. The van der Waals surface area contributed by atoms with Gasteiger partial charge >= 0.3 is 6.09 Å². The summed E-state index contributed by atoms with van der Waals surface area (Å²) in [4.78, 5) is 18.3. The van der Waals surface area contributed by atoms with Crippen LogP contribution in [-0.2, 0) is 11.3 Å². The molecule has 0 aliphatic carbocycles. The number of aliphatic hydroxyl groups excluding tert-OH is 1. The average Bonchev–Trinajstić information content (AvgIpc) is 3.41. The van der Waals surface area contributed by atoms with E-state index in [-0.39, 0.29) is 12.7 Å². The van der Waals surface area contributed by atoms with Crippen LogP contribution in [0.5, 0.6) is 5.75 Å². The topological polar surface area (TPSA) is 103 Å². The molecular formula is C21H19N5O4. The first-order valence-electron chi connectivity index (χ1n) is 9.24. The number of ether oxygens (including phenoxy) is 2. The third-order valence-electron chi connectivity index (χ3n) is 4.60. The lowest BCUT2D eigenvalue weighted by Crippen LogP contribution is -2.26. The first kappa shape index (κ1) is 19.4. The summed E-state index contributed by atoms with van der Waals surface area (Å²) in [7, 11) is 1.56. The maximum atomic E-state index is 12.4. The van der Waals surface area contributed by atoms with Crippen LogP contribution < -0.4 is 9.64 Å². The standard InChI is InChI=1S/C21H19N5O4/c1-29-20-11-15(16-4-6-17(22-12-16)3-2-10-27)5-7-19(20)26-14-18(30-21(26)28)13-25-9-8-23-24-25/h4-9,11-12,18,27H,10,13-14H2,1H3/t18-/m0/s1. The molecule has 0 unspecified atom stereocenters. The molecule has 3 aromatic rings. The molecule has 152 valence electrons. The van der Waals surface area contributed by atoms with E-state index in [1.165, 1.54) is 0 Å². The van der Waals surface area contributed by atoms with Gasteiger partial charge in [-0.2, -0.15) is 0 Å². The third kappa shape index (κ3) is 4.09. The summed E-state index contributed by atoms with van der Waals surface area (Å²) in [6, 6.07) is 9.24. The molecule has 1 atom stereocenters. The molecule has 1 fully saturated rings. The van der Waals surface area contributed by atoms with Gasteiger partial charge in [0.25, 0.3) is 0 Å². The van der Waals surface area contributed by atoms with Gasteiger partial charge in [0.15, 0.2) is 0 Å². The van der Waals surface area contributed by atoms with E-state index in [1.807, 2.05) is 24.3 Å². The Hall–Kier alpha value is -3.90. The zero-order chi connectivity index (χ0) is 20.9. The molecule has 1 amide bonds. The first-order chi connectivity index (χ1) is 14.7. The van der Waals surface area contributed by atoms with Crippen molar-refractivity contribution in [2.75, 3.05) is 25.2 Å². The van der Waals surface area contributed by atoms with E-state index in [2.05, 4.69) is 27.1 Å². The lowest BCUT2D eigenvalue weighted by molar-refractivity contribution is 0.129. The number of rotatable bonds is 5. The Morgan fingerprint density at radius 2 is 2.17 bits per heavy atom. The normalized spacial score (nSPS) is 15.5. The number of cyclic esters (lactones) is 1. The number of hydrogen-bond donors (Lipinski definition) is 1. The second-order valence-electron chi connectivity index (χ2n) is 6.52. The van der Waals surface area contributed by atoms with Gasteiger partial charge in [-0.1, -0.05) is 23.3 Å². The zero-order valence-electron chi connectivity index (χ0n) is 16.2. The smallest absolute Gasteiger partial charge is 0.414 e. The monoisotopic (exact) mass is 405 g/mol. The van der Waals surface area contributed by atoms with Gasteiger partial charge in [-0.15, -0.1) is 5.10 Å².